The van der Waals surface area contributed by atoms with Crippen molar-refractivity contribution in [2.24, 2.45) is 4.99 Å². The maximum Gasteiger partial charge on any atom is 0.289 e. The van der Waals surface area contributed by atoms with Gasteiger partial charge in [0.1, 0.15) is 11.7 Å². The molecule has 2 aromatic carbocycles. The van der Waals surface area contributed by atoms with Gasteiger partial charge in [0.2, 0.25) is 5.82 Å². The first kappa shape index (κ1) is 30.1. The van der Waals surface area contributed by atoms with Crippen molar-refractivity contribution in [3.8, 4) is 0 Å². The van der Waals surface area contributed by atoms with Crippen LogP contribution in [-0.4, -0.2) is 39.8 Å². The number of aryl methyl sites for hydroxylation is 1. The van der Waals surface area contributed by atoms with Crippen molar-refractivity contribution in [3.05, 3.63) is 65.0 Å². The molecule has 0 bridgehead atoms. The van der Waals surface area contributed by atoms with Gasteiger partial charge in [-0.15, -0.1) is 24.8 Å². The molecule has 0 spiro atoms. The molecule has 6 rings (SSSR count). The molecule has 214 valence electrons. The van der Waals surface area contributed by atoms with Crippen molar-refractivity contribution in [2.75, 3.05) is 5.32 Å². The van der Waals surface area contributed by atoms with Gasteiger partial charge in [0, 0.05) is 29.1 Å². The van der Waals surface area contributed by atoms with Crippen LogP contribution >= 0.6 is 24.8 Å². The number of hydrogen-bond donors (Lipinski definition) is 3. The summed E-state index contributed by atoms with van der Waals surface area (Å²) in [7, 11) is 0. The zero-order chi connectivity index (χ0) is 25.9. The standard InChI is InChI=1S/C31H38N6O.2ClH/c1-20-16-17-25-24(18-20)29(37-30(34-25)31(38)33-22-11-4-2-3-5-12-22)36-27-15-9-8-14-26(27)35-28-23-13-7-6-10-21(23)19-32-28;;/h6-7,10,13,16-18,22,26-27H,2-5,8-9,11-12,14-15,19H2,1H3,(H,32,35)(H,33,38)(H,34,36,37);2*1H/t26-,27+;;/m1../s1. The Morgan fingerprint density at radius 3 is 2.30 bits per heavy atom. The summed E-state index contributed by atoms with van der Waals surface area (Å²) in [5.74, 6) is 1.82. The summed E-state index contributed by atoms with van der Waals surface area (Å²) in [5, 5.41) is 11.7. The van der Waals surface area contributed by atoms with Crippen LogP contribution in [0.5, 0.6) is 0 Å². The Kier molecular flexibility index (Phi) is 10.3. The molecule has 2 fully saturated rings. The van der Waals surface area contributed by atoms with E-state index >= 15 is 0 Å². The third kappa shape index (κ3) is 6.69. The van der Waals surface area contributed by atoms with Crippen LogP contribution in [0.25, 0.3) is 10.9 Å². The second kappa shape index (κ2) is 13.6. The lowest BCUT2D eigenvalue weighted by Gasteiger charge is -2.34. The summed E-state index contributed by atoms with van der Waals surface area (Å²) in [6.07, 6.45) is 11.4. The summed E-state index contributed by atoms with van der Waals surface area (Å²) < 4.78 is 0. The maximum absolute atomic E-state index is 13.3. The smallest absolute Gasteiger partial charge is 0.289 e. The van der Waals surface area contributed by atoms with E-state index in [9.17, 15) is 4.79 Å². The molecular formula is C31H40Cl2N6O. The van der Waals surface area contributed by atoms with Gasteiger partial charge in [0.25, 0.3) is 5.91 Å². The lowest BCUT2D eigenvalue weighted by atomic mass is 9.89. The number of halogens is 2. The number of rotatable bonds is 5. The van der Waals surface area contributed by atoms with E-state index in [1.165, 1.54) is 43.2 Å². The first-order chi connectivity index (χ1) is 18.6. The third-order valence-corrected chi connectivity index (χ3v) is 8.33. The van der Waals surface area contributed by atoms with Crippen LogP contribution in [0, 0.1) is 6.92 Å². The molecule has 2 saturated carbocycles. The van der Waals surface area contributed by atoms with E-state index < -0.39 is 0 Å². The predicted octanol–water partition coefficient (Wildman–Crippen LogP) is 6.51. The average molecular weight is 584 g/mol. The summed E-state index contributed by atoms with van der Waals surface area (Å²) >= 11 is 0. The van der Waals surface area contributed by atoms with Gasteiger partial charge in [-0.25, -0.2) is 9.97 Å². The molecule has 2 atom stereocenters. The van der Waals surface area contributed by atoms with E-state index in [1.54, 1.807) is 0 Å². The number of hydrogen-bond acceptors (Lipinski definition) is 6. The van der Waals surface area contributed by atoms with Crippen LogP contribution in [0.2, 0.25) is 0 Å². The Hall–Kier alpha value is -2.90. The van der Waals surface area contributed by atoms with Crippen LogP contribution in [0.3, 0.4) is 0 Å². The highest BCUT2D eigenvalue weighted by Gasteiger charge is 2.29. The molecule has 1 amide bonds. The number of amidine groups is 1. The minimum absolute atomic E-state index is 0. The van der Waals surface area contributed by atoms with E-state index in [-0.39, 0.29) is 54.7 Å². The number of aromatic nitrogens is 2. The van der Waals surface area contributed by atoms with Crippen molar-refractivity contribution < 1.29 is 4.79 Å². The third-order valence-electron chi connectivity index (χ3n) is 8.33. The maximum atomic E-state index is 13.3. The van der Waals surface area contributed by atoms with E-state index in [4.69, 9.17) is 9.98 Å². The Morgan fingerprint density at radius 1 is 0.825 bits per heavy atom. The highest BCUT2D eigenvalue weighted by Crippen LogP contribution is 2.28. The quantitative estimate of drug-likeness (QED) is 0.298. The van der Waals surface area contributed by atoms with Gasteiger partial charge in [-0.3, -0.25) is 9.79 Å². The number of amides is 1. The molecule has 3 aromatic rings. The lowest BCUT2D eigenvalue weighted by Crippen LogP contribution is -2.48. The molecule has 7 nitrogen and oxygen atoms in total. The summed E-state index contributed by atoms with van der Waals surface area (Å²) in [4.78, 5) is 27.6. The second-order valence-corrected chi connectivity index (χ2v) is 11.2. The lowest BCUT2D eigenvalue weighted by molar-refractivity contribution is 0.0923. The molecule has 1 aromatic heterocycles. The van der Waals surface area contributed by atoms with Crippen LogP contribution < -0.4 is 16.0 Å². The van der Waals surface area contributed by atoms with Crippen LogP contribution in [0.15, 0.2) is 47.5 Å². The summed E-state index contributed by atoms with van der Waals surface area (Å²) in [6, 6.07) is 15.2. The van der Waals surface area contributed by atoms with E-state index in [2.05, 4.69) is 58.2 Å². The Morgan fingerprint density at radius 2 is 1.52 bits per heavy atom. The predicted molar refractivity (Wildman–Crippen MR) is 167 cm³/mol. The first-order valence-electron chi connectivity index (χ1n) is 14.4. The van der Waals surface area contributed by atoms with Crippen molar-refractivity contribution in [1.82, 2.24) is 20.6 Å². The van der Waals surface area contributed by atoms with Crippen molar-refractivity contribution in [3.63, 3.8) is 0 Å². The number of nitrogens with zero attached hydrogens (tertiary/aromatic N) is 3. The van der Waals surface area contributed by atoms with Gasteiger partial charge in [-0.05, 0) is 50.3 Å². The van der Waals surface area contributed by atoms with Crippen LogP contribution in [0.4, 0.5) is 5.82 Å². The fourth-order valence-corrected chi connectivity index (χ4v) is 6.22. The summed E-state index contributed by atoms with van der Waals surface area (Å²) in [6.45, 7) is 2.81. The topological polar surface area (TPSA) is 91.3 Å². The van der Waals surface area contributed by atoms with Gasteiger partial charge < -0.3 is 16.0 Å². The SMILES string of the molecule is Cc1ccc2nc(C(=O)NC3CCCCCC3)nc(N[C@H]3CCCC[C@H]3NC3=NCc4ccccc43)c2c1.Cl.Cl. The fraction of sp³-hybridized carbons (Fsp3) is 0.484. The van der Waals surface area contributed by atoms with Crippen molar-refractivity contribution in [1.29, 1.82) is 0 Å². The molecule has 2 aliphatic carbocycles. The normalized spacial score (nSPS) is 20.8. The van der Waals surface area contributed by atoms with E-state index in [0.717, 1.165) is 66.8 Å². The zero-order valence-electron chi connectivity index (χ0n) is 23.1. The Labute approximate surface area is 249 Å². The van der Waals surface area contributed by atoms with Crippen molar-refractivity contribution in [2.45, 2.75) is 95.8 Å². The first-order valence-corrected chi connectivity index (χ1v) is 14.4. The average Bonchev–Trinajstić information content (AvgIpc) is 3.15. The molecule has 9 heteroatoms. The highest BCUT2D eigenvalue weighted by molar-refractivity contribution is 6.02. The molecule has 0 saturated heterocycles. The number of aliphatic imine (C=N–C) groups is 1. The van der Waals surface area contributed by atoms with Gasteiger partial charge in [-0.2, -0.15) is 0 Å². The van der Waals surface area contributed by atoms with Crippen molar-refractivity contribution >= 4 is 53.3 Å². The highest BCUT2D eigenvalue weighted by atomic mass is 35.5. The monoisotopic (exact) mass is 582 g/mol. The van der Waals surface area contributed by atoms with Gasteiger partial charge >= 0.3 is 0 Å². The number of nitrogens with one attached hydrogen (secondary N) is 3. The Bertz CT molecular complexity index is 1350. The number of fused-ring (bicyclic) bond motifs is 2. The molecule has 2 heterocycles. The molecule has 1 aliphatic heterocycles. The second-order valence-electron chi connectivity index (χ2n) is 11.2. The Balaban J connectivity index is 0.00000185. The van der Waals surface area contributed by atoms with Crippen LogP contribution in [0.1, 0.15) is 91.5 Å². The molecule has 0 unspecified atom stereocenters. The minimum atomic E-state index is -0.169. The van der Waals surface area contributed by atoms with E-state index in [1.807, 2.05) is 12.1 Å². The molecule has 3 aliphatic rings. The number of benzene rings is 2. The number of carbonyl (C=O) groups excluding carboxylic acids is 1. The fourth-order valence-electron chi connectivity index (χ4n) is 6.22. The molecule has 40 heavy (non-hydrogen) atoms. The van der Waals surface area contributed by atoms with Gasteiger partial charge in [0.15, 0.2) is 0 Å². The zero-order valence-corrected chi connectivity index (χ0v) is 24.8. The molecular weight excluding hydrogens is 543 g/mol. The number of anilines is 1. The summed E-state index contributed by atoms with van der Waals surface area (Å²) in [5.41, 5.74) is 4.43. The number of carbonyl (C=O) groups is 1. The molecule has 0 radical (unpaired) electrons. The van der Waals surface area contributed by atoms with Gasteiger partial charge in [0.05, 0.1) is 12.1 Å². The molecule has 3 N–H and O–H groups in total. The van der Waals surface area contributed by atoms with E-state index in [0.29, 0.717) is 0 Å². The minimum Gasteiger partial charge on any atom is -0.365 e. The van der Waals surface area contributed by atoms with Crippen LogP contribution in [-0.2, 0) is 6.54 Å². The van der Waals surface area contributed by atoms with Gasteiger partial charge in [-0.1, -0.05) is 74.4 Å². The largest absolute Gasteiger partial charge is 0.365 e.